The molecule has 0 aromatic carbocycles. The summed E-state index contributed by atoms with van der Waals surface area (Å²) in [4.78, 5) is 0. The van der Waals surface area contributed by atoms with E-state index >= 15 is 0 Å². The number of rotatable bonds is 2. The van der Waals surface area contributed by atoms with Gasteiger partial charge in [0.15, 0.2) is 0 Å². The van der Waals surface area contributed by atoms with E-state index in [1.165, 1.54) is 6.42 Å². The number of fused-ring (bicyclic) bond motifs is 1. The molecule has 2 aliphatic rings. The Morgan fingerprint density at radius 2 is 1.73 bits per heavy atom. The van der Waals surface area contributed by atoms with Crippen molar-refractivity contribution in [2.45, 2.75) is 19.3 Å². The first kappa shape index (κ1) is 7.55. The van der Waals surface area contributed by atoms with E-state index in [-0.39, 0.29) is 11.7 Å². The zero-order valence-corrected chi connectivity index (χ0v) is 7.05. The second kappa shape index (κ2) is 2.20. The summed E-state index contributed by atoms with van der Waals surface area (Å²) in [5.74, 6) is 1.82. The smallest absolute Gasteiger partial charge is 0.265 e. The molecule has 0 amide bonds. The Morgan fingerprint density at radius 3 is 2.18 bits per heavy atom. The van der Waals surface area contributed by atoms with Gasteiger partial charge < -0.3 is 0 Å². The molecule has 2 rings (SSSR count). The highest BCUT2D eigenvalue weighted by atomic mass is 32.2. The molecule has 2 saturated carbocycles. The van der Waals surface area contributed by atoms with Crippen LogP contribution in [0.1, 0.15) is 19.3 Å². The monoisotopic (exact) mass is 176 g/mol. The molecule has 0 radical (unpaired) electrons. The third-order valence-corrected chi connectivity index (χ3v) is 3.68. The highest BCUT2D eigenvalue weighted by Gasteiger charge is 2.46. The van der Waals surface area contributed by atoms with E-state index in [1.54, 1.807) is 0 Å². The van der Waals surface area contributed by atoms with Crippen LogP contribution in [0, 0.1) is 17.8 Å². The predicted octanol–water partition coefficient (Wildman–Crippen LogP) is 0.920. The lowest BCUT2D eigenvalue weighted by molar-refractivity contribution is 0.454. The second-order valence-corrected chi connectivity index (χ2v) is 5.34. The summed E-state index contributed by atoms with van der Waals surface area (Å²) in [5.41, 5.74) is 0. The number of hydrogen-bond acceptors (Lipinski definition) is 2. The van der Waals surface area contributed by atoms with E-state index in [9.17, 15) is 8.42 Å². The van der Waals surface area contributed by atoms with Crippen molar-refractivity contribution in [3.63, 3.8) is 0 Å². The van der Waals surface area contributed by atoms with Crippen molar-refractivity contribution in [2.24, 2.45) is 17.8 Å². The van der Waals surface area contributed by atoms with Crippen LogP contribution in [0.15, 0.2) is 0 Å². The van der Waals surface area contributed by atoms with Crippen LogP contribution in [-0.4, -0.2) is 18.7 Å². The topological polar surface area (TPSA) is 54.4 Å². The van der Waals surface area contributed by atoms with Crippen molar-refractivity contribution in [3.8, 4) is 0 Å². The van der Waals surface area contributed by atoms with Gasteiger partial charge >= 0.3 is 0 Å². The van der Waals surface area contributed by atoms with Crippen molar-refractivity contribution in [2.75, 3.05) is 5.75 Å². The highest BCUT2D eigenvalue weighted by molar-refractivity contribution is 7.85. The molecule has 3 atom stereocenters. The van der Waals surface area contributed by atoms with E-state index in [1.807, 2.05) is 0 Å². The van der Waals surface area contributed by atoms with Crippen LogP contribution in [0.3, 0.4) is 0 Å². The molecular weight excluding hydrogens is 164 g/mol. The molecular formula is C7H12O3S. The Labute approximate surface area is 66.5 Å². The van der Waals surface area contributed by atoms with Gasteiger partial charge in [-0.15, -0.1) is 0 Å². The lowest BCUT2D eigenvalue weighted by atomic mass is 10.1. The van der Waals surface area contributed by atoms with E-state index in [0.717, 1.165) is 24.7 Å². The standard InChI is InChI=1S/C7H12O3S/c8-11(9,10)4-5-1-6-3-7(6)2-5/h5-7H,1-4H2,(H,8,9,10)/t5?,6-,7+. The van der Waals surface area contributed by atoms with Crippen LogP contribution in [0.2, 0.25) is 0 Å². The summed E-state index contributed by atoms with van der Waals surface area (Å²) >= 11 is 0. The van der Waals surface area contributed by atoms with Gasteiger partial charge in [0.05, 0.1) is 5.75 Å². The summed E-state index contributed by atoms with van der Waals surface area (Å²) in [7, 11) is -3.71. The van der Waals surface area contributed by atoms with Crippen LogP contribution >= 0.6 is 0 Å². The SMILES string of the molecule is O=S(=O)(O)CC1C[C@@H]2C[C@@H]2C1. The van der Waals surface area contributed by atoms with Gasteiger partial charge in [-0.25, -0.2) is 0 Å². The Balaban J connectivity index is 1.89. The molecule has 1 unspecified atom stereocenters. The van der Waals surface area contributed by atoms with Gasteiger partial charge in [-0.3, -0.25) is 4.55 Å². The summed E-state index contributed by atoms with van der Waals surface area (Å²) in [6.45, 7) is 0. The average Bonchev–Trinajstić information content (AvgIpc) is 2.36. The molecule has 0 saturated heterocycles. The maximum Gasteiger partial charge on any atom is 0.265 e. The zero-order chi connectivity index (χ0) is 8.06. The second-order valence-electron chi connectivity index (χ2n) is 3.84. The van der Waals surface area contributed by atoms with Crippen LogP contribution in [0.5, 0.6) is 0 Å². The molecule has 0 bridgehead atoms. The van der Waals surface area contributed by atoms with E-state index in [4.69, 9.17) is 4.55 Å². The minimum absolute atomic E-state index is 0.0139. The fraction of sp³-hybridized carbons (Fsp3) is 1.00. The Kier molecular flexibility index (Phi) is 1.51. The van der Waals surface area contributed by atoms with E-state index in [2.05, 4.69) is 0 Å². The molecule has 0 aromatic rings. The summed E-state index contributed by atoms with van der Waals surface area (Å²) in [5, 5.41) is 0. The van der Waals surface area contributed by atoms with Crippen molar-refractivity contribution in [1.82, 2.24) is 0 Å². The van der Waals surface area contributed by atoms with Gasteiger partial charge in [-0.1, -0.05) is 0 Å². The van der Waals surface area contributed by atoms with Gasteiger partial charge in [0, 0.05) is 0 Å². The molecule has 11 heavy (non-hydrogen) atoms. The first-order valence-corrected chi connectivity index (χ1v) is 5.60. The van der Waals surface area contributed by atoms with Crippen LogP contribution in [-0.2, 0) is 10.1 Å². The maximum absolute atomic E-state index is 10.5. The molecule has 0 aromatic heterocycles. The zero-order valence-electron chi connectivity index (χ0n) is 6.23. The van der Waals surface area contributed by atoms with E-state index in [0.29, 0.717) is 0 Å². The summed E-state index contributed by atoms with van der Waals surface area (Å²) < 4.78 is 29.5. The van der Waals surface area contributed by atoms with E-state index < -0.39 is 10.1 Å². The van der Waals surface area contributed by atoms with Crippen molar-refractivity contribution < 1.29 is 13.0 Å². The number of hydrogen-bond donors (Lipinski definition) is 1. The molecule has 2 fully saturated rings. The predicted molar refractivity (Wildman–Crippen MR) is 40.7 cm³/mol. The Morgan fingerprint density at radius 1 is 1.18 bits per heavy atom. The highest BCUT2D eigenvalue weighted by Crippen LogP contribution is 2.54. The van der Waals surface area contributed by atoms with Gasteiger partial charge in [0.1, 0.15) is 0 Å². The third-order valence-electron chi connectivity index (χ3n) is 2.79. The molecule has 64 valence electrons. The minimum atomic E-state index is -3.71. The average molecular weight is 176 g/mol. The third kappa shape index (κ3) is 1.73. The summed E-state index contributed by atoms with van der Waals surface area (Å²) in [6.07, 6.45) is 3.33. The summed E-state index contributed by atoms with van der Waals surface area (Å²) in [6, 6.07) is 0. The van der Waals surface area contributed by atoms with Gasteiger partial charge in [-0.05, 0) is 37.0 Å². The quantitative estimate of drug-likeness (QED) is 0.636. The fourth-order valence-corrected chi connectivity index (χ4v) is 3.14. The largest absolute Gasteiger partial charge is 0.286 e. The molecule has 4 heteroatoms. The van der Waals surface area contributed by atoms with Gasteiger partial charge in [0.25, 0.3) is 10.1 Å². The van der Waals surface area contributed by atoms with Crippen molar-refractivity contribution in [3.05, 3.63) is 0 Å². The molecule has 2 aliphatic carbocycles. The molecule has 0 aliphatic heterocycles. The fourth-order valence-electron chi connectivity index (χ4n) is 2.27. The van der Waals surface area contributed by atoms with Crippen molar-refractivity contribution in [1.29, 1.82) is 0 Å². The first-order chi connectivity index (χ1) is 5.04. The Hall–Kier alpha value is -0.0900. The molecule has 0 spiro atoms. The maximum atomic E-state index is 10.5. The molecule has 1 N–H and O–H groups in total. The van der Waals surface area contributed by atoms with Gasteiger partial charge in [0.2, 0.25) is 0 Å². The lowest BCUT2D eigenvalue weighted by Crippen LogP contribution is -2.13. The lowest BCUT2D eigenvalue weighted by Gasteiger charge is -2.07. The molecule has 3 nitrogen and oxygen atoms in total. The Bertz CT molecular complexity index is 247. The van der Waals surface area contributed by atoms with Crippen LogP contribution < -0.4 is 0 Å². The normalized spacial score (nSPS) is 42.1. The van der Waals surface area contributed by atoms with Crippen LogP contribution in [0.4, 0.5) is 0 Å². The molecule has 0 heterocycles. The van der Waals surface area contributed by atoms with Crippen LogP contribution in [0.25, 0.3) is 0 Å². The van der Waals surface area contributed by atoms with Gasteiger partial charge in [-0.2, -0.15) is 8.42 Å². The minimum Gasteiger partial charge on any atom is -0.286 e. The first-order valence-electron chi connectivity index (χ1n) is 4.00. The van der Waals surface area contributed by atoms with Crippen molar-refractivity contribution >= 4 is 10.1 Å².